The van der Waals surface area contributed by atoms with E-state index >= 15 is 0 Å². The van der Waals surface area contributed by atoms with E-state index in [4.69, 9.17) is 4.74 Å². The number of fused-ring (bicyclic) bond motifs is 1. The second-order valence-electron chi connectivity index (χ2n) is 6.71. The molecule has 3 rings (SSSR count). The highest BCUT2D eigenvalue weighted by atomic mass is 16.5. The number of hydrogen-bond donors (Lipinski definition) is 0. The predicted octanol–water partition coefficient (Wildman–Crippen LogP) is 3.86. The Bertz CT molecular complexity index is 697. The largest absolute Gasteiger partial charge is 0.476 e. The third-order valence-electron chi connectivity index (χ3n) is 5.23. The van der Waals surface area contributed by atoms with E-state index in [1.165, 1.54) is 36.0 Å². The van der Waals surface area contributed by atoms with Crippen molar-refractivity contribution in [1.29, 1.82) is 0 Å². The van der Waals surface area contributed by atoms with E-state index in [1.54, 1.807) is 0 Å². The number of anilines is 1. The second kappa shape index (κ2) is 7.39. The lowest BCUT2D eigenvalue weighted by molar-refractivity contribution is 0.195. The molecule has 1 aliphatic heterocycles. The number of pyridine rings is 1. The maximum atomic E-state index is 6.16. The molecule has 2 heterocycles. The van der Waals surface area contributed by atoms with Gasteiger partial charge in [0.25, 0.3) is 0 Å². The molecule has 24 heavy (non-hydrogen) atoms. The van der Waals surface area contributed by atoms with Crippen molar-refractivity contribution in [3.63, 3.8) is 0 Å². The van der Waals surface area contributed by atoms with Crippen LogP contribution in [0.5, 0.6) is 5.88 Å². The average Bonchev–Trinajstić information content (AvgIpc) is 3.00. The fourth-order valence-corrected chi connectivity index (χ4v) is 3.73. The van der Waals surface area contributed by atoms with Gasteiger partial charge in [-0.3, -0.25) is 0 Å². The predicted molar refractivity (Wildman–Crippen MR) is 101 cm³/mol. The summed E-state index contributed by atoms with van der Waals surface area (Å²) >= 11 is 0. The number of aryl methyl sites for hydroxylation is 1. The molecule has 0 bridgehead atoms. The molecule has 0 N–H and O–H groups in total. The molecule has 0 radical (unpaired) electrons. The standard InChI is InChI=1S/C20H29N3O/c1-5-23(6-2)18-11-7-10-17-19(18)15(3)13-21-20(17)24-14-16-9-8-12-22(16)4/h7,10-11,13,16H,5-6,8-9,12,14H2,1-4H3. The van der Waals surface area contributed by atoms with E-state index < -0.39 is 0 Å². The van der Waals surface area contributed by atoms with Gasteiger partial charge in [-0.1, -0.05) is 6.07 Å². The van der Waals surface area contributed by atoms with Crippen LogP contribution < -0.4 is 9.64 Å². The maximum Gasteiger partial charge on any atom is 0.221 e. The lowest BCUT2D eigenvalue weighted by Gasteiger charge is -2.24. The van der Waals surface area contributed by atoms with Crippen LogP contribution in [0.1, 0.15) is 32.3 Å². The molecule has 4 nitrogen and oxygen atoms in total. The maximum absolute atomic E-state index is 6.16. The molecule has 1 aliphatic rings. The van der Waals surface area contributed by atoms with E-state index in [2.05, 4.69) is 60.8 Å². The molecule has 1 saturated heterocycles. The molecule has 0 amide bonds. The van der Waals surface area contributed by atoms with E-state index in [1.807, 2.05) is 6.20 Å². The first-order chi connectivity index (χ1) is 11.7. The zero-order valence-electron chi connectivity index (χ0n) is 15.4. The van der Waals surface area contributed by atoms with Crippen molar-refractivity contribution in [2.24, 2.45) is 0 Å². The van der Waals surface area contributed by atoms with Crippen LogP contribution in [0, 0.1) is 6.92 Å². The summed E-state index contributed by atoms with van der Waals surface area (Å²) in [6.07, 6.45) is 4.42. The van der Waals surface area contributed by atoms with Crippen molar-refractivity contribution in [3.8, 4) is 5.88 Å². The van der Waals surface area contributed by atoms with Crippen LogP contribution in [0.15, 0.2) is 24.4 Å². The Balaban J connectivity index is 1.95. The van der Waals surface area contributed by atoms with Gasteiger partial charge in [-0.15, -0.1) is 0 Å². The van der Waals surface area contributed by atoms with Crippen LogP contribution in [-0.2, 0) is 0 Å². The minimum atomic E-state index is 0.508. The normalized spacial score (nSPS) is 18.2. The van der Waals surface area contributed by atoms with Crippen molar-refractivity contribution >= 4 is 16.5 Å². The van der Waals surface area contributed by atoms with Gasteiger partial charge in [0.15, 0.2) is 0 Å². The highest BCUT2D eigenvalue weighted by Crippen LogP contribution is 2.34. The molecule has 1 aromatic carbocycles. The average molecular weight is 327 g/mol. The van der Waals surface area contributed by atoms with Crippen molar-refractivity contribution in [2.45, 2.75) is 39.7 Å². The number of aromatic nitrogens is 1. The molecule has 0 saturated carbocycles. The van der Waals surface area contributed by atoms with Crippen LogP contribution in [0.2, 0.25) is 0 Å². The Morgan fingerprint density at radius 2 is 2.08 bits per heavy atom. The minimum Gasteiger partial charge on any atom is -0.476 e. The van der Waals surface area contributed by atoms with Gasteiger partial charge in [0, 0.05) is 41.8 Å². The molecular weight excluding hydrogens is 298 g/mol. The summed E-state index contributed by atoms with van der Waals surface area (Å²) in [4.78, 5) is 9.36. The minimum absolute atomic E-state index is 0.508. The van der Waals surface area contributed by atoms with Crippen LogP contribution in [0.25, 0.3) is 10.8 Å². The van der Waals surface area contributed by atoms with Gasteiger partial charge < -0.3 is 14.5 Å². The summed E-state index contributed by atoms with van der Waals surface area (Å²) in [5.74, 6) is 0.768. The van der Waals surface area contributed by atoms with Gasteiger partial charge in [-0.2, -0.15) is 0 Å². The van der Waals surface area contributed by atoms with Crippen molar-refractivity contribution in [2.75, 3.05) is 38.2 Å². The summed E-state index contributed by atoms with van der Waals surface area (Å²) in [6, 6.07) is 6.97. The molecule has 2 aromatic rings. The van der Waals surface area contributed by atoms with E-state index in [0.29, 0.717) is 6.04 Å². The van der Waals surface area contributed by atoms with E-state index in [-0.39, 0.29) is 0 Å². The van der Waals surface area contributed by atoms with Gasteiger partial charge in [0.1, 0.15) is 6.61 Å². The first kappa shape index (κ1) is 17.0. The molecule has 1 fully saturated rings. The zero-order chi connectivity index (χ0) is 17.1. The first-order valence-corrected chi connectivity index (χ1v) is 9.12. The van der Waals surface area contributed by atoms with Crippen LogP contribution in [-0.4, -0.2) is 49.2 Å². The molecule has 0 aliphatic carbocycles. The van der Waals surface area contributed by atoms with Crippen molar-refractivity contribution < 1.29 is 4.74 Å². The Kier molecular flexibility index (Phi) is 5.24. The van der Waals surface area contributed by atoms with Gasteiger partial charge in [-0.25, -0.2) is 4.98 Å². The fraction of sp³-hybridized carbons (Fsp3) is 0.550. The Hall–Kier alpha value is -1.81. The smallest absolute Gasteiger partial charge is 0.221 e. The zero-order valence-corrected chi connectivity index (χ0v) is 15.4. The topological polar surface area (TPSA) is 28.6 Å². The number of nitrogens with zero attached hydrogens (tertiary/aromatic N) is 3. The monoisotopic (exact) mass is 327 g/mol. The van der Waals surface area contributed by atoms with Gasteiger partial charge >= 0.3 is 0 Å². The third-order valence-corrected chi connectivity index (χ3v) is 5.23. The molecule has 1 unspecified atom stereocenters. The first-order valence-electron chi connectivity index (χ1n) is 9.12. The lowest BCUT2D eigenvalue weighted by Crippen LogP contribution is -2.30. The quantitative estimate of drug-likeness (QED) is 0.805. The number of hydrogen-bond acceptors (Lipinski definition) is 4. The van der Waals surface area contributed by atoms with Crippen molar-refractivity contribution in [1.82, 2.24) is 9.88 Å². The highest BCUT2D eigenvalue weighted by molar-refractivity contribution is 5.99. The molecule has 1 aromatic heterocycles. The molecule has 0 spiro atoms. The SMILES string of the molecule is CCN(CC)c1cccc2c(OCC3CCCN3C)ncc(C)c12. The number of rotatable bonds is 6. The number of likely N-dealkylation sites (tertiary alicyclic amines) is 1. The fourth-order valence-electron chi connectivity index (χ4n) is 3.73. The molecule has 130 valence electrons. The summed E-state index contributed by atoms with van der Waals surface area (Å²) in [6.45, 7) is 10.4. The number of likely N-dealkylation sites (N-methyl/N-ethyl adjacent to an activating group) is 1. The van der Waals surface area contributed by atoms with Crippen molar-refractivity contribution in [3.05, 3.63) is 30.0 Å². The summed E-state index contributed by atoms with van der Waals surface area (Å²) in [7, 11) is 2.18. The van der Waals surface area contributed by atoms with Gasteiger partial charge in [-0.05, 0) is 64.9 Å². The summed E-state index contributed by atoms with van der Waals surface area (Å²) in [5, 5.41) is 2.39. The molecule has 4 heteroatoms. The number of ether oxygens (including phenoxy) is 1. The van der Waals surface area contributed by atoms with Crippen LogP contribution >= 0.6 is 0 Å². The Labute approximate surface area is 145 Å². The third kappa shape index (κ3) is 3.20. The van der Waals surface area contributed by atoms with Crippen LogP contribution in [0.3, 0.4) is 0 Å². The van der Waals surface area contributed by atoms with Crippen LogP contribution in [0.4, 0.5) is 5.69 Å². The van der Waals surface area contributed by atoms with Gasteiger partial charge in [0.05, 0.1) is 0 Å². The molecular formula is C20H29N3O. The van der Waals surface area contributed by atoms with Gasteiger partial charge in [0.2, 0.25) is 5.88 Å². The second-order valence-corrected chi connectivity index (χ2v) is 6.71. The highest BCUT2D eigenvalue weighted by Gasteiger charge is 2.22. The lowest BCUT2D eigenvalue weighted by atomic mass is 10.1. The van der Waals surface area contributed by atoms with E-state index in [0.717, 1.165) is 31.0 Å². The molecule has 1 atom stereocenters. The van der Waals surface area contributed by atoms with E-state index in [9.17, 15) is 0 Å². The Morgan fingerprint density at radius 1 is 1.29 bits per heavy atom. The Morgan fingerprint density at radius 3 is 2.75 bits per heavy atom. The summed E-state index contributed by atoms with van der Waals surface area (Å²) in [5.41, 5.74) is 2.48. The number of benzene rings is 1. The summed E-state index contributed by atoms with van der Waals surface area (Å²) < 4.78 is 6.16.